The topological polar surface area (TPSA) is 85.2 Å². The minimum absolute atomic E-state index is 0.0517. The first-order valence-corrected chi connectivity index (χ1v) is 9.84. The molecule has 1 saturated heterocycles. The molecule has 8 nitrogen and oxygen atoms in total. The van der Waals surface area contributed by atoms with Crippen LogP contribution in [0.1, 0.15) is 17.3 Å². The molecule has 1 aliphatic rings. The Kier molecular flexibility index (Phi) is 6.10. The highest BCUT2D eigenvalue weighted by Gasteiger charge is 2.18. The summed E-state index contributed by atoms with van der Waals surface area (Å²) in [7, 11) is 0. The fourth-order valence-corrected chi connectivity index (χ4v) is 3.53. The Balaban J connectivity index is 1.60. The number of carbonyl (C=O) groups excluding carboxylic acids is 1. The fourth-order valence-electron chi connectivity index (χ4n) is 3.53. The van der Waals surface area contributed by atoms with Crippen molar-refractivity contribution >= 4 is 5.91 Å². The summed E-state index contributed by atoms with van der Waals surface area (Å²) in [5.41, 5.74) is 1.97. The van der Waals surface area contributed by atoms with Gasteiger partial charge in [0.15, 0.2) is 0 Å². The second kappa shape index (κ2) is 9.10. The Labute approximate surface area is 173 Å². The monoisotopic (exact) mass is 410 g/mol. The first-order valence-electron chi connectivity index (χ1n) is 9.84. The van der Waals surface area contributed by atoms with Crippen molar-refractivity contribution in [2.75, 3.05) is 32.8 Å². The largest absolute Gasteiger partial charge is 0.379 e. The summed E-state index contributed by atoms with van der Waals surface area (Å²) in [5.74, 6) is -0.596. The minimum Gasteiger partial charge on any atom is -0.379 e. The van der Waals surface area contributed by atoms with Crippen LogP contribution in [0.5, 0.6) is 0 Å². The molecule has 3 aromatic rings. The smallest absolute Gasteiger partial charge is 0.251 e. The van der Waals surface area contributed by atoms with Crippen molar-refractivity contribution in [3.8, 4) is 16.8 Å². The van der Waals surface area contributed by atoms with E-state index >= 15 is 0 Å². The Morgan fingerprint density at radius 2 is 2.03 bits per heavy atom. The number of nitrogens with zero attached hydrogens (tertiary/aromatic N) is 5. The molecule has 0 bridgehead atoms. The highest BCUT2D eigenvalue weighted by molar-refractivity contribution is 5.96. The normalized spacial score (nSPS) is 15.7. The molecule has 2 heterocycles. The van der Waals surface area contributed by atoms with Crippen molar-refractivity contribution in [1.29, 1.82) is 0 Å². The van der Waals surface area contributed by atoms with E-state index in [0.29, 0.717) is 35.6 Å². The van der Waals surface area contributed by atoms with Crippen LogP contribution in [0.15, 0.2) is 48.8 Å². The van der Waals surface area contributed by atoms with E-state index in [1.807, 2.05) is 6.92 Å². The number of hydrogen-bond donors (Lipinski definition) is 1. The zero-order valence-corrected chi connectivity index (χ0v) is 16.7. The van der Waals surface area contributed by atoms with Gasteiger partial charge in [0.25, 0.3) is 5.91 Å². The number of morpholine rings is 1. The van der Waals surface area contributed by atoms with Gasteiger partial charge in [-0.3, -0.25) is 9.69 Å². The number of tetrazole rings is 1. The third kappa shape index (κ3) is 4.69. The summed E-state index contributed by atoms with van der Waals surface area (Å²) in [4.78, 5) is 15.2. The van der Waals surface area contributed by atoms with Crippen molar-refractivity contribution in [3.63, 3.8) is 0 Å². The molecular weight excluding hydrogens is 387 g/mol. The zero-order chi connectivity index (χ0) is 20.9. The number of nitrogens with one attached hydrogen (secondary N) is 1. The maximum atomic E-state index is 14.4. The number of hydrogen-bond acceptors (Lipinski definition) is 6. The van der Waals surface area contributed by atoms with Crippen LogP contribution in [-0.4, -0.2) is 69.9 Å². The first-order chi connectivity index (χ1) is 14.6. The van der Waals surface area contributed by atoms with Gasteiger partial charge in [0, 0.05) is 36.8 Å². The van der Waals surface area contributed by atoms with Gasteiger partial charge in [-0.05, 0) is 47.2 Å². The Morgan fingerprint density at radius 3 is 2.77 bits per heavy atom. The predicted molar refractivity (Wildman–Crippen MR) is 109 cm³/mol. The average molecular weight is 410 g/mol. The van der Waals surface area contributed by atoms with Gasteiger partial charge in [0.1, 0.15) is 12.1 Å². The standard InChI is InChI=1S/C21H23FN6O2/c1-15(13-27-6-8-30-9-7-27)24-21(29)17-10-16(19-4-2-3-5-20(19)22)11-18(12-17)28-14-23-25-26-28/h2-5,10-12,14-15H,6-9,13H2,1H3,(H,24,29). The van der Waals surface area contributed by atoms with Crippen molar-refractivity contribution in [2.45, 2.75) is 13.0 Å². The lowest BCUT2D eigenvalue weighted by atomic mass is 10.0. The highest BCUT2D eigenvalue weighted by atomic mass is 19.1. The molecule has 0 aliphatic carbocycles. The average Bonchev–Trinajstić information content (AvgIpc) is 3.29. The number of carbonyl (C=O) groups is 1. The molecule has 1 amide bonds. The summed E-state index contributed by atoms with van der Waals surface area (Å²) in [6, 6.07) is 11.5. The summed E-state index contributed by atoms with van der Waals surface area (Å²) in [6.45, 7) is 5.83. The summed E-state index contributed by atoms with van der Waals surface area (Å²) >= 11 is 0. The quantitative estimate of drug-likeness (QED) is 0.668. The molecule has 0 spiro atoms. The Morgan fingerprint density at radius 1 is 1.23 bits per heavy atom. The Bertz CT molecular complexity index is 1000. The van der Waals surface area contributed by atoms with Crippen molar-refractivity contribution in [3.05, 3.63) is 60.2 Å². The van der Waals surface area contributed by atoms with Crippen LogP contribution in [0.3, 0.4) is 0 Å². The lowest BCUT2D eigenvalue weighted by Crippen LogP contribution is -2.46. The van der Waals surface area contributed by atoms with E-state index in [0.717, 1.165) is 19.6 Å². The van der Waals surface area contributed by atoms with E-state index in [9.17, 15) is 9.18 Å². The molecule has 9 heteroatoms. The molecule has 0 radical (unpaired) electrons. The van der Waals surface area contributed by atoms with Crippen LogP contribution in [0.2, 0.25) is 0 Å². The van der Waals surface area contributed by atoms with Crippen LogP contribution in [0.4, 0.5) is 4.39 Å². The van der Waals surface area contributed by atoms with Gasteiger partial charge in [0.2, 0.25) is 0 Å². The summed E-state index contributed by atoms with van der Waals surface area (Å²) < 4.78 is 21.2. The molecule has 1 fully saturated rings. The van der Waals surface area contributed by atoms with Crippen molar-refractivity contribution in [2.24, 2.45) is 0 Å². The molecule has 1 unspecified atom stereocenters. The molecule has 1 N–H and O–H groups in total. The molecule has 0 saturated carbocycles. The second-order valence-corrected chi connectivity index (χ2v) is 7.29. The number of ether oxygens (including phenoxy) is 1. The second-order valence-electron chi connectivity index (χ2n) is 7.29. The van der Waals surface area contributed by atoms with E-state index in [4.69, 9.17) is 4.74 Å². The van der Waals surface area contributed by atoms with Gasteiger partial charge in [-0.25, -0.2) is 9.07 Å². The van der Waals surface area contributed by atoms with Crippen LogP contribution >= 0.6 is 0 Å². The molecule has 156 valence electrons. The first kappa shape index (κ1) is 20.1. The van der Waals surface area contributed by atoms with E-state index < -0.39 is 0 Å². The van der Waals surface area contributed by atoms with E-state index in [1.54, 1.807) is 36.4 Å². The van der Waals surface area contributed by atoms with Crippen LogP contribution in [0, 0.1) is 5.82 Å². The van der Waals surface area contributed by atoms with Gasteiger partial charge in [-0.15, -0.1) is 5.10 Å². The molecule has 1 aromatic heterocycles. The molecule has 1 atom stereocenters. The van der Waals surface area contributed by atoms with Gasteiger partial charge >= 0.3 is 0 Å². The lowest BCUT2D eigenvalue weighted by molar-refractivity contribution is 0.0342. The molecular formula is C21H23FN6O2. The lowest BCUT2D eigenvalue weighted by Gasteiger charge is -2.29. The van der Waals surface area contributed by atoms with Gasteiger partial charge in [0.05, 0.1) is 18.9 Å². The molecule has 2 aromatic carbocycles. The number of aromatic nitrogens is 4. The Hall–Kier alpha value is -3.17. The van der Waals surface area contributed by atoms with Crippen LogP contribution in [0.25, 0.3) is 16.8 Å². The fraction of sp³-hybridized carbons (Fsp3) is 0.333. The summed E-state index contributed by atoms with van der Waals surface area (Å²) in [5, 5.41) is 14.2. The predicted octanol–water partition coefficient (Wildman–Crippen LogP) is 1.92. The van der Waals surface area contributed by atoms with Crippen LogP contribution in [-0.2, 0) is 4.74 Å². The zero-order valence-electron chi connectivity index (χ0n) is 16.7. The third-order valence-electron chi connectivity index (χ3n) is 4.99. The van der Waals surface area contributed by atoms with E-state index in [1.165, 1.54) is 17.1 Å². The SMILES string of the molecule is CC(CN1CCOCC1)NC(=O)c1cc(-c2ccccc2F)cc(-n2cnnn2)c1. The van der Waals surface area contributed by atoms with E-state index in [2.05, 4.69) is 25.7 Å². The molecule has 4 rings (SSSR count). The van der Waals surface area contributed by atoms with Gasteiger partial charge in [-0.1, -0.05) is 18.2 Å². The molecule has 30 heavy (non-hydrogen) atoms. The third-order valence-corrected chi connectivity index (χ3v) is 4.99. The number of halogens is 1. The molecule has 1 aliphatic heterocycles. The van der Waals surface area contributed by atoms with Crippen molar-refractivity contribution < 1.29 is 13.9 Å². The van der Waals surface area contributed by atoms with Gasteiger partial charge in [-0.2, -0.15) is 0 Å². The highest BCUT2D eigenvalue weighted by Crippen LogP contribution is 2.26. The number of benzene rings is 2. The maximum absolute atomic E-state index is 14.4. The van der Waals surface area contributed by atoms with Crippen LogP contribution < -0.4 is 5.32 Å². The number of amides is 1. The summed E-state index contributed by atoms with van der Waals surface area (Å²) in [6.07, 6.45) is 1.43. The van der Waals surface area contributed by atoms with E-state index in [-0.39, 0.29) is 17.8 Å². The minimum atomic E-state index is -0.363. The van der Waals surface area contributed by atoms with Gasteiger partial charge < -0.3 is 10.1 Å². The maximum Gasteiger partial charge on any atom is 0.251 e. The number of rotatable bonds is 6. The van der Waals surface area contributed by atoms with Crippen molar-refractivity contribution in [1.82, 2.24) is 30.4 Å².